The molecule has 2 aromatic heterocycles. The van der Waals surface area contributed by atoms with Gasteiger partial charge in [0.2, 0.25) is 0 Å². The monoisotopic (exact) mass is 348 g/mol. The first-order valence-electron chi connectivity index (χ1n) is 8.74. The molecule has 0 saturated carbocycles. The van der Waals surface area contributed by atoms with Crippen molar-refractivity contribution >= 4 is 22.8 Å². The number of amides is 1. The van der Waals surface area contributed by atoms with E-state index in [1.807, 2.05) is 41.1 Å². The molecule has 1 aliphatic heterocycles. The molecule has 4 rings (SSSR count). The molecule has 7 nitrogen and oxygen atoms in total. The van der Waals surface area contributed by atoms with E-state index in [0.29, 0.717) is 18.1 Å². The van der Waals surface area contributed by atoms with E-state index in [9.17, 15) is 4.79 Å². The Labute approximate surface area is 151 Å². The minimum absolute atomic E-state index is 0.0456. The van der Waals surface area contributed by atoms with Crippen LogP contribution in [0, 0.1) is 0 Å². The summed E-state index contributed by atoms with van der Waals surface area (Å²) in [4.78, 5) is 34.0. The zero-order valence-corrected chi connectivity index (χ0v) is 14.7. The Morgan fingerprint density at radius 2 is 1.85 bits per heavy atom. The SMILES string of the molecule is CN(Cc1cnc2ccccc2n1)c1cncc(C(=O)N2CCCC2)n1. The van der Waals surface area contributed by atoms with Gasteiger partial charge < -0.3 is 9.80 Å². The molecule has 0 bridgehead atoms. The molecule has 3 aromatic rings. The van der Waals surface area contributed by atoms with Gasteiger partial charge >= 0.3 is 0 Å². The number of carbonyl (C=O) groups excluding carboxylic acids is 1. The minimum Gasteiger partial charge on any atom is -0.352 e. The normalized spacial score (nSPS) is 14.0. The lowest BCUT2D eigenvalue weighted by Crippen LogP contribution is -2.29. The summed E-state index contributed by atoms with van der Waals surface area (Å²) in [5, 5.41) is 0. The van der Waals surface area contributed by atoms with Gasteiger partial charge in [-0.15, -0.1) is 0 Å². The van der Waals surface area contributed by atoms with E-state index in [0.717, 1.165) is 42.7 Å². The summed E-state index contributed by atoms with van der Waals surface area (Å²) in [5.41, 5.74) is 2.96. The summed E-state index contributed by atoms with van der Waals surface area (Å²) < 4.78 is 0. The molecule has 3 heterocycles. The number of hydrogen-bond acceptors (Lipinski definition) is 6. The molecule has 1 aliphatic rings. The van der Waals surface area contributed by atoms with Crippen molar-refractivity contribution in [3.63, 3.8) is 0 Å². The van der Waals surface area contributed by atoms with E-state index in [-0.39, 0.29) is 5.91 Å². The maximum Gasteiger partial charge on any atom is 0.274 e. The smallest absolute Gasteiger partial charge is 0.274 e. The second-order valence-corrected chi connectivity index (χ2v) is 6.47. The van der Waals surface area contributed by atoms with Gasteiger partial charge in [-0.3, -0.25) is 14.8 Å². The van der Waals surface area contributed by atoms with Gasteiger partial charge in [0.1, 0.15) is 11.5 Å². The van der Waals surface area contributed by atoms with Gasteiger partial charge in [-0.2, -0.15) is 0 Å². The van der Waals surface area contributed by atoms with Gasteiger partial charge in [-0.25, -0.2) is 9.97 Å². The third-order valence-electron chi connectivity index (χ3n) is 4.52. The maximum absolute atomic E-state index is 12.5. The minimum atomic E-state index is -0.0456. The fourth-order valence-corrected chi connectivity index (χ4v) is 3.12. The van der Waals surface area contributed by atoms with Crippen LogP contribution in [0.1, 0.15) is 29.0 Å². The van der Waals surface area contributed by atoms with Crippen LogP contribution in [0.3, 0.4) is 0 Å². The van der Waals surface area contributed by atoms with E-state index < -0.39 is 0 Å². The summed E-state index contributed by atoms with van der Waals surface area (Å²) in [6.45, 7) is 2.13. The number of anilines is 1. The van der Waals surface area contributed by atoms with Gasteiger partial charge in [0, 0.05) is 20.1 Å². The summed E-state index contributed by atoms with van der Waals surface area (Å²) in [6, 6.07) is 7.78. The van der Waals surface area contributed by atoms with E-state index in [1.165, 1.54) is 6.20 Å². The number of rotatable bonds is 4. The zero-order valence-electron chi connectivity index (χ0n) is 14.7. The molecule has 0 atom stereocenters. The summed E-state index contributed by atoms with van der Waals surface area (Å²) in [7, 11) is 1.91. The highest BCUT2D eigenvalue weighted by atomic mass is 16.2. The van der Waals surface area contributed by atoms with Crippen molar-refractivity contribution in [3.05, 3.63) is 54.2 Å². The van der Waals surface area contributed by atoms with Crippen LogP contribution < -0.4 is 4.90 Å². The number of nitrogens with zero attached hydrogens (tertiary/aromatic N) is 6. The zero-order chi connectivity index (χ0) is 17.9. The van der Waals surface area contributed by atoms with Gasteiger partial charge in [0.05, 0.1) is 41.9 Å². The number of carbonyl (C=O) groups is 1. The van der Waals surface area contributed by atoms with Crippen LogP contribution in [0.25, 0.3) is 11.0 Å². The molecule has 7 heteroatoms. The van der Waals surface area contributed by atoms with Crippen LogP contribution in [-0.4, -0.2) is 50.9 Å². The number of para-hydroxylation sites is 2. The van der Waals surface area contributed by atoms with Crippen LogP contribution in [0.2, 0.25) is 0 Å². The quantitative estimate of drug-likeness (QED) is 0.720. The van der Waals surface area contributed by atoms with Gasteiger partial charge in [-0.1, -0.05) is 12.1 Å². The van der Waals surface area contributed by atoms with Gasteiger partial charge in [-0.05, 0) is 25.0 Å². The standard InChI is InChI=1S/C19H20N6O/c1-24(13-14-10-21-15-6-2-3-7-16(15)22-14)18-12-20-11-17(23-18)19(26)25-8-4-5-9-25/h2-3,6-7,10-12H,4-5,8-9,13H2,1H3. The lowest BCUT2D eigenvalue weighted by molar-refractivity contribution is 0.0786. The first-order chi connectivity index (χ1) is 12.7. The molecule has 1 saturated heterocycles. The molecule has 0 aliphatic carbocycles. The van der Waals surface area contributed by atoms with E-state index >= 15 is 0 Å². The molecule has 1 fully saturated rings. The van der Waals surface area contributed by atoms with Crippen LogP contribution >= 0.6 is 0 Å². The first kappa shape index (κ1) is 16.4. The number of aromatic nitrogens is 4. The van der Waals surface area contributed by atoms with Gasteiger partial charge in [0.25, 0.3) is 5.91 Å². The Hall–Kier alpha value is -3.09. The average molecular weight is 348 g/mol. The Bertz CT molecular complexity index is 938. The molecular weight excluding hydrogens is 328 g/mol. The van der Waals surface area contributed by atoms with E-state index in [2.05, 4.69) is 19.9 Å². The second-order valence-electron chi connectivity index (χ2n) is 6.47. The van der Waals surface area contributed by atoms with Gasteiger partial charge in [0.15, 0.2) is 0 Å². The number of benzene rings is 1. The fraction of sp³-hybridized carbons (Fsp3) is 0.316. The van der Waals surface area contributed by atoms with E-state index in [1.54, 1.807) is 12.4 Å². The number of likely N-dealkylation sites (tertiary alicyclic amines) is 1. The van der Waals surface area contributed by atoms with Crippen molar-refractivity contribution in [2.75, 3.05) is 25.0 Å². The van der Waals surface area contributed by atoms with Crippen molar-refractivity contribution in [2.45, 2.75) is 19.4 Å². The highest BCUT2D eigenvalue weighted by Gasteiger charge is 2.21. The van der Waals surface area contributed by atoms with Crippen LogP contribution in [0.5, 0.6) is 0 Å². The average Bonchev–Trinajstić information content (AvgIpc) is 3.22. The summed E-state index contributed by atoms with van der Waals surface area (Å²) in [6.07, 6.45) is 7.08. The van der Waals surface area contributed by atoms with Crippen molar-refractivity contribution in [3.8, 4) is 0 Å². The molecule has 132 valence electrons. The lowest BCUT2D eigenvalue weighted by atomic mass is 10.3. The summed E-state index contributed by atoms with van der Waals surface area (Å²) >= 11 is 0. The lowest BCUT2D eigenvalue weighted by Gasteiger charge is -2.19. The third-order valence-corrected chi connectivity index (χ3v) is 4.52. The molecule has 1 amide bonds. The predicted molar refractivity (Wildman–Crippen MR) is 98.8 cm³/mol. The topological polar surface area (TPSA) is 75.1 Å². The molecule has 0 spiro atoms. The first-order valence-corrected chi connectivity index (χ1v) is 8.74. The fourth-order valence-electron chi connectivity index (χ4n) is 3.12. The largest absolute Gasteiger partial charge is 0.352 e. The highest BCUT2D eigenvalue weighted by Crippen LogP contribution is 2.16. The maximum atomic E-state index is 12.5. The Balaban J connectivity index is 1.52. The molecular formula is C19H20N6O. The predicted octanol–water partition coefficient (Wildman–Crippen LogP) is 2.29. The van der Waals surface area contributed by atoms with Crippen molar-refractivity contribution < 1.29 is 4.79 Å². The molecule has 0 unspecified atom stereocenters. The molecule has 0 N–H and O–H groups in total. The molecule has 26 heavy (non-hydrogen) atoms. The molecule has 0 radical (unpaired) electrons. The highest BCUT2D eigenvalue weighted by molar-refractivity contribution is 5.92. The third kappa shape index (κ3) is 3.33. The molecule has 1 aromatic carbocycles. The Kier molecular flexibility index (Phi) is 4.43. The van der Waals surface area contributed by atoms with Crippen molar-refractivity contribution in [2.24, 2.45) is 0 Å². The number of hydrogen-bond donors (Lipinski definition) is 0. The van der Waals surface area contributed by atoms with Crippen molar-refractivity contribution in [1.29, 1.82) is 0 Å². The number of fused-ring (bicyclic) bond motifs is 1. The second kappa shape index (κ2) is 7.03. The van der Waals surface area contributed by atoms with E-state index in [4.69, 9.17) is 0 Å². The van der Waals surface area contributed by atoms with Crippen LogP contribution in [0.4, 0.5) is 5.82 Å². The summed E-state index contributed by atoms with van der Waals surface area (Å²) in [5.74, 6) is 0.598. The Morgan fingerprint density at radius 1 is 1.08 bits per heavy atom. The Morgan fingerprint density at radius 3 is 2.65 bits per heavy atom. The van der Waals surface area contributed by atoms with Crippen LogP contribution in [-0.2, 0) is 6.54 Å². The van der Waals surface area contributed by atoms with Crippen molar-refractivity contribution in [1.82, 2.24) is 24.8 Å². The van der Waals surface area contributed by atoms with Crippen LogP contribution in [0.15, 0.2) is 42.9 Å².